The zero-order valence-corrected chi connectivity index (χ0v) is 39.3. The summed E-state index contributed by atoms with van der Waals surface area (Å²) in [5.41, 5.74) is 4.55. The number of piperidine rings is 3. The highest BCUT2D eigenvalue weighted by molar-refractivity contribution is 6.01. The summed E-state index contributed by atoms with van der Waals surface area (Å²) in [4.78, 5) is 61.1. The van der Waals surface area contributed by atoms with Gasteiger partial charge in [0.1, 0.15) is 29.1 Å². The molecular formula is C51H55F4N11O4. The molecule has 0 spiro atoms. The third kappa shape index (κ3) is 9.07. The van der Waals surface area contributed by atoms with Crippen LogP contribution in [0.4, 0.5) is 28.9 Å². The molecule has 2 aromatic carbocycles. The van der Waals surface area contributed by atoms with Crippen molar-refractivity contribution in [2.24, 2.45) is 7.05 Å². The van der Waals surface area contributed by atoms with E-state index in [0.29, 0.717) is 80.0 Å². The Morgan fingerprint density at radius 1 is 0.843 bits per heavy atom. The van der Waals surface area contributed by atoms with E-state index in [9.17, 15) is 23.6 Å². The maximum absolute atomic E-state index is 16.0. The Hall–Kier alpha value is -6.86. The Morgan fingerprint density at radius 2 is 1.59 bits per heavy atom. The van der Waals surface area contributed by atoms with Gasteiger partial charge in [0.05, 0.1) is 42.0 Å². The lowest BCUT2D eigenvalue weighted by Gasteiger charge is -2.36. The van der Waals surface area contributed by atoms with Crippen molar-refractivity contribution in [1.82, 2.24) is 43.9 Å². The van der Waals surface area contributed by atoms with E-state index in [2.05, 4.69) is 37.7 Å². The zero-order chi connectivity index (χ0) is 49.0. The number of anilines is 2. The van der Waals surface area contributed by atoms with Crippen LogP contribution < -0.4 is 21.5 Å². The molecule has 6 aromatic rings. The third-order valence-electron chi connectivity index (χ3n) is 14.8. The molecule has 2 atom stereocenters. The van der Waals surface area contributed by atoms with Gasteiger partial charge in [-0.1, -0.05) is 6.07 Å². The van der Waals surface area contributed by atoms with Crippen LogP contribution in [-0.4, -0.2) is 102 Å². The molecule has 0 bridgehead atoms. The second-order valence-electron chi connectivity index (χ2n) is 19.0. The second-order valence-corrected chi connectivity index (χ2v) is 19.0. The molecule has 3 fully saturated rings. The van der Waals surface area contributed by atoms with Crippen molar-refractivity contribution >= 4 is 40.1 Å². The number of likely N-dealkylation sites (tertiary alicyclic amines) is 2. The summed E-state index contributed by atoms with van der Waals surface area (Å²) in [6, 6.07) is 13.4. The quantitative estimate of drug-likeness (QED) is 0.0944. The molecule has 8 heterocycles. The summed E-state index contributed by atoms with van der Waals surface area (Å²) in [6.45, 7) is 6.29. The van der Waals surface area contributed by atoms with Gasteiger partial charge in [-0.25, -0.2) is 22.5 Å². The van der Waals surface area contributed by atoms with E-state index < -0.39 is 40.9 Å². The van der Waals surface area contributed by atoms with Gasteiger partial charge >= 0.3 is 0 Å². The first-order valence-corrected chi connectivity index (χ1v) is 24.0. The molecule has 19 heteroatoms. The third-order valence-corrected chi connectivity index (χ3v) is 14.8. The van der Waals surface area contributed by atoms with Gasteiger partial charge in [-0.15, -0.1) is 0 Å². The highest BCUT2D eigenvalue weighted by atomic mass is 19.1. The molecule has 4 aliphatic heterocycles. The molecule has 3 N–H and O–H groups in total. The number of nitrogens with zero attached hydrogens (tertiary/aromatic N) is 8. The number of imide groups is 1. The predicted octanol–water partition coefficient (Wildman–Crippen LogP) is 6.71. The first-order valence-electron chi connectivity index (χ1n) is 24.0. The van der Waals surface area contributed by atoms with Crippen molar-refractivity contribution in [3.63, 3.8) is 0 Å². The van der Waals surface area contributed by atoms with Crippen LogP contribution in [0.25, 0.3) is 16.7 Å². The van der Waals surface area contributed by atoms with Crippen LogP contribution in [0.1, 0.15) is 102 Å². The fraction of sp³-hybridized carbons (Fsp3) is 0.412. The number of hydrogen-bond donors (Lipinski definition) is 3. The van der Waals surface area contributed by atoms with Crippen molar-refractivity contribution in [3.8, 4) is 5.69 Å². The van der Waals surface area contributed by atoms with E-state index in [1.807, 2.05) is 28.4 Å². The number of carbonyl (C=O) groups excluding carboxylic acids is 3. The molecule has 0 saturated carbocycles. The molecule has 3 amide bonds. The van der Waals surface area contributed by atoms with Crippen molar-refractivity contribution < 1.29 is 31.9 Å². The van der Waals surface area contributed by atoms with E-state index in [1.165, 1.54) is 35.0 Å². The maximum atomic E-state index is 16.0. The minimum absolute atomic E-state index is 0.00275. The topological polar surface area (TPSA) is 155 Å². The summed E-state index contributed by atoms with van der Waals surface area (Å²) in [6.07, 6.45) is 5.86. The summed E-state index contributed by atoms with van der Waals surface area (Å²) in [5.74, 6) is -3.86. The molecule has 1 unspecified atom stereocenters. The summed E-state index contributed by atoms with van der Waals surface area (Å²) in [5, 5.41) is 13.5. The number of aryl methyl sites for hydroxylation is 1. The average molecular weight is 962 g/mol. The second kappa shape index (κ2) is 19.1. The number of hydrogen-bond acceptors (Lipinski definition) is 10. The van der Waals surface area contributed by atoms with E-state index in [1.54, 1.807) is 36.3 Å². The molecule has 4 aromatic heterocycles. The average Bonchev–Trinajstić information content (AvgIpc) is 3.92. The summed E-state index contributed by atoms with van der Waals surface area (Å²) >= 11 is 0. The van der Waals surface area contributed by atoms with Crippen LogP contribution in [0.5, 0.6) is 0 Å². The summed E-state index contributed by atoms with van der Waals surface area (Å²) < 4.78 is 67.1. The fourth-order valence-corrected chi connectivity index (χ4v) is 11.0. The van der Waals surface area contributed by atoms with Crippen LogP contribution in [0.15, 0.2) is 71.8 Å². The molecule has 3 saturated heterocycles. The molecular weight excluding hydrogens is 907 g/mol. The maximum Gasteiger partial charge on any atom is 0.257 e. The highest BCUT2D eigenvalue weighted by Crippen LogP contribution is 2.38. The summed E-state index contributed by atoms with van der Waals surface area (Å²) in [7, 11) is 3.44. The Bertz CT molecular complexity index is 3060. The van der Waals surface area contributed by atoms with Crippen LogP contribution in [0.2, 0.25) is 0 Å². The zero-order valence-electron chi connectivity index (χ0n) is 39.3. The predicted molar refractivity (Wildman–Crippen MR) is 255 cm³/mol. The van der Waals surface area contributed by atoms with Crippen molar-refractivity contribution in [2.45, 2.75) is 89.0 Å². The Balaban J connectivity index is 0.729. The Kier molecular flexibility index (Phi) is 12.8. The van der Waals surface area contributed by atoms with Crippen LogP contribution in [0.3, 0.4) is 0 Å². The van der Waals surface area contributed by atoms with Gasteiger partial charge in [0.2, 0.25) is 11.8 Å². The van der Waals surface area contributed by atoms with Crippen LogP contribution >= 0.6 is 0 Å². The lowest BCUT2D eigenvalue weighted by Crippen LogP contribution is -2.47. The number of carbonyl (C=O) groups is 3. The van der Waals surface area contributed by atoms with Crippen molar-refractivity contribution in [2.75, 3.05) is 50.4 Å². The molecule has 0 aliphatic carbocycles. The normalized spacial score (nSPS) is 19.1. The van der Waals surface area contributed by atoms with Gasteiger partial charge in [-0.3, -0.25) is 43.5 Å². The molecule has 0 radical (unpaired) electrons. The largest absolute Gasteiger partial charge is 0.386 e. The van der Waals surface area contributed by atoms with Gasteiger partial charge in [0, 0.05) is 79.8 Å². The van der Waals surface area contributed by atoms with E-state index in [0.717, 1.165) is 43.0 Å². The van der Waals surface area contributed by atoms with Gasteiger partial charge in [0.15, 0.2) is 5.82 Å². The van der Waals surface area contributed by atoms with E-state index in [4.69, 9.17) is 5.10 Å². The van der Waals surface area contributed by atoms with E-state index >= 15 is 13.2 Å². The number of amides is 3. The van der Waals surface area contributed by atoms with Gasteiger partial charge < -0.3 is 20.1 Å². The molecule has 15 nitrogen and oxygen atoms in total. The fourth-order valence-electron chi connectivity index (χ4n) is 11.0. The molecule has 366 valence electrons. The monoisotopic (exact) mass is 961 g/mol. The minimum atomic E-state index is -0.730. The van der Waals surface area contributed by atoms with Crippen LogP contribution in [-0.2, 0) is 36.3 Å². The van der Waals surface area contributed by atoms with Crippen LogP contribution in [0, 0.1) is 23.3 Å². The lowest BCUT2D eigenvalue weighted by atomic mass is 9.87. The first-order chi connectivity index (χ1) is 33.7. The Labute approximate surface area is 401 Å². The smallest absolute Gasteiger partial charge is 0.257 e. The van der Waals surface area contributed by atoms with Gasteiger partial charge in [-0.05, 0) is 125 Å². The first kappa shape index (κ1) is 46.8. The number of pyridine rings is 2. The van der Waals surface area contributed by atoms with Gasteiger partial charge in [-0.2, -0.15) is 5.10 Å². The highest BCUT2D eigenvalue weighted by Gasteiger charge is 2.33. The van der Waals surface area contributed by atoms with Crippen molar-refractivity contribution in [1.29, 1.82) is 0 Å². The van der Waals surface area contributed by atoms with Crippen molar-refractivity contribution in [3.05, 3.63) is 134 Å². The SMILES string of the molecule is CNc1cc(=O)n(-c2ccnc3c2cc([C@H](C)N2CCC(c4c(F)cc(C(=O)N5CCn6nc(CN7CCC(c8ccc(NC9CCC(=O)NC9=O)cc8F)CC7)cc6C5)cc4F)CC2)n3C)cc1F. The number of rotatable bonds is 11. The number of fused-ring (bicyclic) bond motifs is 2. The number of nitrogens with one attached hydrogen (secondary N) is 3. The lowest BCUT2D eigenvalue weighted by molar-refractivity contribution is -0.133. The standard InChI is InChI=1S/C51H55F4N11O4/c1-29(45-24-37-44(8-13-57-49(37)61(45)3)65-28-41(55)43(56-2)25-47(65)68)63-16-11-31(12-17-63)48-39(53)20-32(21-40(48)54)51(70)64-18-19-66-35(27-64)22-34(60-66)26-62-14-9-30(10-15-62)36-5-4-33(23-38(36)52)58-42-6-7-46(67)59-50(42)69/h4-5,8,13,20-25,28-31,42,56,58H,6-7,9-12,14-19,26-27H2,1-3H3,(H,59,67,69)/t29-,42?/m0/s1. The molecule has 4 aliphatic rings. The molecule has 70 heavy (non-hydrogen) atoms. The number of halogens is 4. The minimum Gasteiger partial charge on any atom is -0.386 e. The molecule has 10 rings (SSSR count). The van der Waals surface area contributed by atoms with Gasteiger partial charge in [0.25, 0.3) is 11.5 Å². The number of aromatic nitrogens is 5. The number of benzene rings is 2. The van der Waals surface area contributed by atoms with E-state index in [-0.39, 0.29) is 59.4 Å². The Morgan fingerprint density at radius 3 is 2.30 bits per heavy atom.